The van der Waals surface area contributed by atoms with Gasteiger partial charge in [-0.1, -0.05) is 30.3 Å². The number of aromatic nitrogens is 2. The van der Waals surface area contributed by atoms with Gasteiger partial charge in [0.25, 0.3) is 0 Å². The average Bonchev–Trinajstić information content (AvgIpc) is 3.29. The van der Waals surface area contributed by atoms with Crippen molar-refractivity contribution in [1.29, 1.82) is 0 Å². The van der Waals surface area contributed by atoms with Gasteiger partial charge in [0.15, 0.2) is 0 Å². The van der Waals surface area contributed by atoms with E-state index in [1.165, 1.54) is 0 Å². The number of ether oxygens (including phenoxy) is 1. The van der Waals surface area contributed by atoms with Crippen molar-refractivity contribution in [3.63, 3.8) is 0 Å². The SMILES string of the molecule is COCCN1C[C@H](C(=O)N2CCc3nc(-c4ccccc4)[nH]c3C2)CC1=O. The van der Waals surface area contributed by atoms with Crippen molar-refractivity contribution in [3.8, 4) is 11.4 Å². The predicted octanol–water partition coefficient (Wildman–Crippen LogP) is 1.46. The van der Waals surface area contributed by atoms with Crippen molar-refractivity contribution in [2.45, 2.75) is 19.4 Å². The third-order valence-corrected chi connectivity index (χ3v) is 5.32. The first kappa shape index (κ1) is 17.7. The number of carbonyl (C=O) groups excluding carboxylic acids is 2. The highest BCUT2D eigenvalue weighted by Crippen LogP contribution is 2.26. The Morgan fingerprint density at radius 1 is 1.33 bits per heavy atom. The molecule has 1 saturated heterocycles. The van der Waals surface area contributed by atoms with Gasteiger partial charge in [-0.3, -0.25) is 9.59 Å². The average molecular weight is 368 g/mol. The summed E-state index contributed by atoms with van der Waals surface area (Å²) in [5.74, 6) is 0.685. The predicted molar refractivity (Wildman–Crippen MR) is 99.7 cm³/mol. The van der Waals surface area contributed by atoms with E-state index >= 15 is 0 Å². The molecule has 0 spiro atoms. The summed E-state index contributed by atoms with van der Waals surface area (Å²) in [4.78, 5) is 36.7. The summed E-state index contributed by atoms with van der Waals surface area (Å²) in [7, 11) is 1.61. The number of amides is 2. The number of imidazole rings is 1. The summed E-state index contributed by atoms with van der Waals surface area (Å²) < 4.78 is 5.04. The Morgan fingerprint density at radius 3 is 2.93 bits per heavy atom. The highest BCUT2D eigenvalue weighted by Gasteiger charge is 2.37. The summed E-state index contributed by atoms with van der Waals surface area (Å²) in [6.07, 6.45) is 1.03. The van der Waals surface area contributed by atoms with Crippen molar-refractivity contribution in [2.24, 2.45) is 5.92 Å². The molecular weight excluding hydrogens is 344 g/mol. The summed E-state index contributed by atoms with van der Waals surface area (Å²) in [6, 6.07) is 9.99. The first-order valence-electron chi connectivity index (χ1n) is 9.34. The number of nitrogens with zero attached hydrogens (tertiary/aromatic N) is 3. The molecule has 1 aromatic carbocycles. The minimum absolute atomic E-state index is 0.0380. The summed E-state index contributed by atoms with van der Waals surface area (Å²) in [5.41, 5.74) is 3.07. The van der Waals surface area contributed by atoms with E-state index in [-0.39, 0.29) is 17.7 Å². The van der Waals surface area contributed by atoms with Crippen molar-refractivity contribution in [1.82, 2.24) is 19.8 Å². The van der Waals surface area contributed by atoms with Crippen LogP contribution in [0.1, 0.15) is 17.8 Å². The molecule has 142 valence electrons. The van der Waals surface area contributed by atoms with Crippen molar-refractivity contribution >= 4 is 11.8 Å². The molecule has 1 N–H and O–H groups in total. The first-order chi connectivity index (χ1) is 13.2. The fraction of sp³-hybridized carbons (Fsp3) is 0.450. The van der Waals surface area contributed by atoms with Crippen LogP contribution < -0.4 is 0 Å². The number of aromatic amines is 1. The Bertz CT molecular complexity index is 833. The fourth-order valence-electron chi connectivity index (χ4n) is 3.83. The molecule has 2 aliphatic heterocycles. The molecule has 4 rings (SSSR count). The Labute approximate surface area is 158 Å². The molecule has 7 heteroatoms. The van der Waals surface area contributed by atoms with Crippen LogP contribution in [0.5, 0.6) is 0 Å². The van der Waals surface area contributed by atoms with E-state index in [1.807, 2.05) is 35.2 Å². The molecule has 3 heterocycles. The van der Waals surface area contributed by atoms with Crippen LogP contribution in [0.15, 0.2) is 30.3 Å². The first-order valence-corrected chi connectivity index (χ1v) is 9.34. The zero-order chi connectivity index (χ0) is 18.8. The lowest BCUT2D eigenvalue weighted by molar-refractivity contribution is -0.136. The second kappa shape index (κ2) is 7.52. The van der Waals surface area contributed by atoms with Crippen LogP contribution >= 0.6 is 0 Å². The van der Waals surface area contributed by atoms with E-state index in [9.17, 15) is 9.59 Å². The molecule has 0 bridgehead atoms. The van der Waals surface area contributed by atoms with E-state index in [0.717, 1.165) is 29.2 Å². The number of methoxy groups -OCH3 is 1. The summed E-state index contributed by atoms with van der Waals surface area (Å²) >= 11 is 0. The monoisotopic (exact) mass is 368 g/mol. The van der Waals surface area contributed by atoms with E-state index in [0.29, 0.717) is 39.2 Å². The van der Waals surface area contributed by atoms with Gasteiger partial charge in [-0.25, -0.2) is 4.98 Å². The van der Waals surface area contributed by atoms with Crippen LogP contribution in [0, 0.1) is 5.92 Å². The Morgan fingerprint density at radius 2 is 2.15 bits per heavy atom. The number of fused-ring (bicyclic) bond motifs is 1. The van der Waals surface area contributed by atoms with Gasteiger partial charge >= 0.3 is 0 Å². The number of H-pyrrole nitrogens is 1. The highest BCUT2D eigenvalue weighted by atomic mass is 16.5. The third-order valence-electron chi connectivity index (χ3n) is 5.32. The van der Waals surface area contributed by atoms with E-state index in [2.05, 4.69) is 4.98 Å². The molecule has 1 aromatic heterocycles. The third kappa shape index (κ3) is 3.60. The van der Waals surface area contributed by atoms with Gasteiger partial charge in [-0.2, -0.15) is 0 Å². The molecule has 2 aromatic rings. The van der Waals surface area contributed by atoms with Crippen LogP contribution in [-0.2, 0) is 27.3 Å². The van der Waals surface area contributed by atoms with Gasteiger partial charge in [-0.05, 0) is 0 Å². The lowest BCUT2D eigenvalue weighted by atomic mass is 10.0. The van der Waals surface area contributed by atoms with Crippen LogP contribution in [0.25, 0.3) is 11.4 Å². The minimum Gasteiger partial charge on any atom is -0.383 e. The topological polar surface area (TPSA) is 78.5 Å². The zero-order valence-corrected chi connectivity index (χ0v) is 15.5. The maximum Gasteiger partial charge on any atom is 0.228 e. The quantitative estimate of drug-likeness (QED) is 0.867. The van der Waals surface area contributed by atoms with Crippen LogP contribution in [0.2, 0.25) is 0 Å². The zero-order valence-electron chi connectivity index (χ0n) is 15.5. The number of benzene rings is 1. The van der Waals surface area contributed by atoms with Crippen LogP contribution in [0.3, 0.4) is 0 Å². The Hall–Kier alpha value is -2.67. The number of likely N-dealkylation sites (tertiary alicyclic amines) is 1. The fourth-order valence-corrected chi connectivity index (χ4v) is 3.83. The smallest absolute Gasteiger partial charge is 0.228 e. The Balaban J connectivity index is 1.43. The molecule has 1 atom stereocenters. The summed E-state index contributed by atoms with van der Waals surface area (Å²) in [5, 5.41) is 0. The standard InChI is InChI=1S/C20H24N4O3/c1-27-10-9-23-12-15(11-18(23)25)20(26)24-8-7-16-17(13-24)22-19(21-16)14-5-3-2-4-6-14/h2-6,15H,7-13H2,1H3,(H,21,22)/t15-/m1/s1. The lowest BCUT2D eigenvalue weighted by Gasteiger charge is -2.28. The molecule has 1 fully saturated rings. The highest BCUT2D eigenvalue weighted by molar-refractivity contribution is 5.89. The Kier molecular flexibility index (Phi) is 4.94. The number of carbonyl (C=O) groups is 2. The van der Waals surface area contributed by atoms with Crippen LogP contribution in [0.4, 0.5) is 0 Å². The van der Waals surface area contributed by atoms with Gasteiger partial charge in [0.05, 0.1) is 30.5 Å². The lowest BCUT2D eigenvalue weighted by Crippen LogP contribution is -2.40. The molecule has 0 aliphatic carbocycles. The van der Waals surface area contributed by atoms with Crippen LogP contribution in [-0.4, -0.2) is 64.9 Å². The number of hydrogen-bond donors (Lipinski definition) is 1. The van der Waals surface area contributed by atoms with Gasteiger partial charge in [0, 0.05) is 45.1 Å². The molecule has 0 unspecified atom stereocenters. The molecule has 2 aliphatic rings. The van der Waals surface area contributed by atoms with Crippen molar-refractivity contribution in [2.75, 3.05) is 33.4 Å². The van der Waals surface area contributed by atoms with E-state index < -0.39 is 0 Å². The van der Waals surface area contributed by atoms with Crippen molar-refractivity contribution in [3.05, 3.63) is 41.7 Å². The minimum atomic E-state index is -0.257. The van der Waals surface area contributed by atoms with E-state index in [1.54, 1.807) is 12.0 Å². The maximum atomic E-state index is 12.9. The molecule has 27 heavy (non-hydrogen) atoms. The van der Waals surface area contributed by atoms with Gasteiger partial charge in [0.2, 0.25) is 11.8 Å². The van der Waals surface area contributed by atoms with Gasteiger partial charge < -0.3 is 19.5 Å². The number of nitrogens with one attached hydrogen (secondary N) is 1. The molecule has 7 nitrogen and oxygen atoms in total. The molecule has 0 saturated carbocycles. The molecule has 2 amide bonds. The van der Waals surface area contributed by atoms with Gasteiger partial charge in [0.1, 0.15) is 5.82 Å². The molecule has 0 radical (unpaired) electrons. The number of rotatable bonds is 5. The summed E-state index contributed by atoms with van der Waals surface area (Å²) in [6.45, 7) is 2.70. The van der Waals surface area contributed by atoms with Crippen molar-refractivity contribution < 1.29 is 14.3 Å². The largest absolute Gasteiger partial charge is 0.383 e. The second-order valence-corrected chi connectivity index (χ2v) is 7.12. The normalized spacial score (nSPS) is 19.4. The number of hydrogen-bond acceptors (Lipinski definition) is 4. The van der Waals surface area contributed by atoms with E-state index in [4.69, 9.17) is 9.72 Å². The maximum absolute atomic E-state index is 12.9. The second-order valence-electron chi connectivity index (χ2n) is 7.12. The molecular formula is C20H24N4O3. The van der Waals surface area contributed by atoms with Gasteiger partial charge in [-0.15, -0.1) is 0 Å².